The van der Waals surface area contributed by atoms with Crippen LogP contribution in [-0.4, -0.2) is 29.2 Å². The molecule has 3 rings (SSSR count). The van der Waals surface area contributed by atoms with Gasteiger partial charge in [-0.2, -0.15) is 0 Å². The number of hydrogen-bond acceptors (Lipinski definition) is 4. The van der Waals surface area contributed by atoms with Gasteiger partial charge in [-0.15, -0.1) is 0 Å². The van der Waals surface area contributed by atoms with E-state index in [1.54, 1.807) is 31.2 Å². The number of benzene rings is 2. The van der Waals surface area contributed by atoms with Crippen molar-refractivity contribution >= 4 is 34.7 Å². The molecule has 3 amide bonds. The fraction of sp³-hybridized carbons (Fsp3) is 0.227. The summed E-state index contributed by atoms with van der Waals surface area (Å²) >= 11 is 0. The summed E-state index contributed by atoms with van der Waals surface area (Å²) in [5.41, 5.74) is 4.85. The summed E-state index contributed by atoms with van der Waals surface area (Å²) in [4.78, 5) is 38.1. The molecule has 1 aliphatic heterocycles. The average Bonchev–Trinajstić information content (AvgIpc) is 2.88. The van der Waals surface area contributed by atoms with Gasteiger partial charge in [0.25, 0.3) is 11.8 Å². The van der Waals surface area contributed by atoms with E-state index in [1.807, 2.05) is 32.0 Å². The Balaban J connectivity index is 2.01. The van der Waals surface area contributed by atoms with Gasteiger partial charge in [-0.05, 0) is 61.7 Å². The lowest BCUT2D eigenvalue weighted by Gasteiger charge is -2.12. The standard InChI is InChI=1S/C22H23N3O3/c1-5-25-21(27)19(16-7-6-13(2)14(3)12-16)20(22(25)28)24-18-10-8-17(9-11-18)23-15(4)26/h6-12,24H,5H2,1-4H3,(H,23,26). The van der Waals surface area contributed by atoms with Crippen LogP contribution in [0.25, 0.3) is 5.57 Å². The molecule has 2 aromatic rings. The first-order valence-corrected chi connectivity index (χ1v) is 9.14. The minimum atomic E-state index is -0.341. The molecule has 0 fully saturated rings. The normalized spacial score (nSPS) is 13.9. The third-order valence-electron chi connectivity index (χ3n) is 4.75. The third-order valence-corrected chi connectivity index (χ3v) is 4.75. The van der Waals surface area contributed by atoms with Crippen LogP contribution in [0.2, 0.25) is 0 Å². The van der Waals surface area contributed by atoms with Crippen LogP contribution in [0.15, 0.2) is 48.2 Å². The quantitative estimate of drug-likeness (QED) is 0.782. The molecular weight excluding hydrogens is 354 g/mol. The fourth-order valence-electron chi connectivity index (χ4n) is 3.13. The van der Waals surface area contributed by atoms with Crippen molar-refractivity contribution in [2.24, 2.45) is 0 Å². The Bertz CT molecular complexity index is 991. The van der Waals surface area contributed by atoms with Crippen molar-refractivity contribution < 1.29 is 14.4 Å². The van der Waals surface area contributed by atoms with E-state index in [0.717, 1.165) is 16.7 Å². The van der Waals surface area contributed by atoms with Crippen molar-refractivity contribution in [3.63, 3.8) is 0 Å². The maximum absolute atomic E-state index is 12.9. The molecule has 6 heteroatoms. The van der Waals surface area contributed by atoms with Gasteiger partial charge < -0.3 is 10.6 Å². The Morgan fingerprint density at radius 2 is 1.57 bits per heavy atom. The molecule has 0 atom stereocenters. The summed E-state index contributed by atoms with van der Waals surface area (Å²) in [6, 6.07) is 12.7. The Kier molecular flexibility index (Phi) is 5.31. The van der Waals surface area contributed by atoms with E-state index in [1.165, 1.54) is 11.8 Å². The van der Waals surface area contributed by atoms with E-state index in [-0.39, 0.29) is 23.4 Å². The van der Waals surface area contributed by atoms with Gasteiger partial charge in [-0.1, -0.05) is 18.2 Å². The SMILES string of the molecule is CCN1C(=O)C(Nc2ccc(NC(C)=O)cc2)=C(c2ccc(C)c(C)c2)C1=O. The van der Waals surface area contributed by atoms with Gasteiger partial charge in [0.1, 0.15) is 5.70 Å². The fourth-order valence-corrected chi connectivity index (χ4v) is 3.13. The van der Waals surface area contributed by atoms with Gasteiger partial charge in [0.2, 0.25) is 5.91 Å². The van der Waals surface area contributed by atoms with Crippen molar-refractivity contribution in [2.45, 2.75) is 27.7 Å². The molecule has 1 heterocycles. The van der Waals surface area contributed by atoms with E-state index in [0.29, 0.717) is 23.5 Å². The second kappa shape index (κ2) is 7.68. The zero-order chi connectivity index (χ0) is 20.4. The number of rotatable bonds is 5. The van der Waals surface area contributed by atoms with Crippen molar-refractivity contribution in [2.75, 3.05) is 17.2 Å². The molecule has 2 aromatic carbocycles. The highest BCUT2D eigenvalue weighted by Crippen LogP contribution is 2.31. The lowest BCUT2D eigenvalue weighted by atomic mass is 9.99. The Morgan fingerprint density at radius 1 is 0.929 bits per heavy atom. The van der Waals surface area contributed by atoms with Gasteiger partial charge in [0.15, 0.2) is 0 Å². The van der Waals surface area contributed by atoms with E-state index in [4.69, 9.17) is 0 Å². The van der Waals surface area contributed by atoms with Crippen LogP contribution in [-0.2, 0) is 14.4 Å². The van der Waals surface area contributed by atoms with Gasteiger partial charge in [0.05, 0.1) is 5.57 Å². The number of likely N-dealkylation sites (N-methyl/N-ethyl adjacent to an activating group) is 1. The van der Waals surface area contributed by atoms with Gasteiger partial charge in [0, 0.05) is 24.8 Å². The van der Waals surface area contributed by atoms with Crippen LogP contribution < -0.4 is 10.6 Å². The van der Waals surface area contributed by atoms with Gasteiger partial charge in [-0.3, -0.25) is 19.3 Å². The first-order chi connectivity index (χ1) is 13.3. The molecule has 0 radical (unpaired) electrons. The smallest absolute Gasteiger partial charge is 0.278 e. The lowest BCUT2D eigenvalue weighted by Crippen LogP contribution is -2.32. The highest BCUT2D eigenvalue weighted by Gasteiger charge is 2.38. The number of carbonyl (C=O) groups is 3. The number of nitrogens with zero attached hydrogens (tertiary/aromatic N) is 1. The van der Waals surface area contributed by atoms with Crippen molar-refractivity contribution in [1.82, 2.24) is 4.90 Å². The zero-order valence-electron chi connectivity index (χ0n) is 16.4. The number of hydrogen-bond donors (Lipinski definition) is 2. The second-order valence-corrected chi connectivity index (χ2v) is 6.79. The van der Waals surface area contributed by atoms with E-state index < -0.39 is 0 Å². The number of imide groups is 1. The number of anilines is 2. The highest BCUT2D eigenvalue weighted by molar-refractivity contribution is 6.36. The maximum atomic E-state index is 12.9. The molecule has 0 saturated heterocycles. The minimum Gasteiger partial charge on any atom is -0.350 e. The largest absolute Gasteiger partial charge is 0.350 e. The molecule has 6 nitrogen and oxygen atoms in total. The van der Waals surface area contributed by atoms with Crippen LogP contribution in [0.1, 0.15) is 30.5 Å². The molecule has 144 valence electrons. The van der Waals surface area contributed by atoms with E-state index in [9.17, 15) is 14.4 Å². The Labute approximate surface area is 164 Å². The number of carbonyl (C=O) groups excluding carboxylic acids is 3. The minimum absolute atomic E-state index is 0.157. The first kappa shape index (κ1) is 19.4. The highest BCUT2D eigenvalue weighted by atomic mass is 16.2. The predicted octanol–water partition coefficient (Wildman–Crippen LogP) is 3.47. The van der Waals surface area contributed by atoms with Gasteiger partial charge >= 0.3 is 0 Å². The molecule has 0 unspecified atom stereocenters. The predicted molar refractivity (Wildman–Crippen MR) is 110 cm³/mol. The zero-order valence-corrected chi connectivity index (χ0v) is 16.4. The summed E-state index contributed by atoms with van der Waals surface area (Å²) in [7, 11) is 0. The number of amides is 3. The van der Waals surface area contributed by atoms with Crippen LogP contribution >= 0.6 is 0 Å². The monoisotopic (exact) mass is 377 g/mol. The van der Waals surface area contributed by atoms with Crippen LogP contribution in [0.4, 0.5) is 11.4 Å². The Morgan fingerprint density at radius 3 is 2.14 bits per heavy atom. The van der Waals surface area contributed by atoms with Gasteiger partial charge in [-0.25, -0.2) is 0 Å². The molecule has 1 aliphatic rings. The summed E-state index contributed by atoms with van der Waals surface area (Å²) in [6.45, 7) is 7.50. The van der Waals surface area contributed by atoms with Crippen molar-refractivity contribution in [3.05, 3.63) is 64.9 Å². The second-order valence-electron chi connectivity index (χ2n) is 6.79. The Hall–Kier alpha value is -3.41. The lowest BCUT2D eigenvalue weighted by molar-refractivity contribution is -0.136. The average molecular weight is 377 g/mol. The summed E-state index contributed by atoms with van der Waals surface area (Å²) in [5.74, 6) is -0.796. The molecule has 28 heavy (non-hydrogen) atoms. The number of aryl methyl sites for hydroxylation is 2. The van der Waals surface area contributed by atoms with Crippen LogP contribution in [0, 0.1) is 13.8 Å². The molecule has 2 N–H and O–H groups in total. The van der Waals surface area contributed by atoms with Crippen LogP contribution in [0.5, 0.6) is 0 Å². The maximum Gasteiger partial charge on any atom is 0.278 e. The molecule has 0 spiro atoms. The van der Waals surface area contributed by atoms with Crippen molar-refractivity contribution in [1.29, 1.82) is 0 Å². The summed E-state index contributed by atoms with van der Waals surface area (Å²) in [6.07, 6.45) is 0. The van der Waals surface area contributed by atoms with E-state index in [2.05, 4.69) is 10.6 Å². The topological polar surface area (TPSA) is 78.5 Å². The third kappa shape index (κ3) is 3.67. The first-order valence-electron chi connectivity index (χ1n) is 9.14. The molecule has 0 bridgehead atoms. The molecular formula is C22H23N3O3. The van der Waals surface area contributed by atoms with E-state index >= 15 is 0 Å². The summed E-state index contributed by atoms with van der Waals surface area (Å²) in [5, 5.41) is 5.80. The molecule has 0 saturated carbocycles. The number of nitrogens with one attached hydrogen (secondary N) is 2. The van der Waals surface area contributed by atoms with Crippen LogP contribution in [0.3, 0.4) is 0 Å². The van der Waals surface area contributed by atoms with Crippen molar-refractivity contribution in [3.8, 4) is 0 Å². The molecule has 0 aliphatic carbocycles. The summed E-state index contributed by atoms with van der Waals surface area (Å²) < 4.78 is 0. The molecule has 0 aromatic heterocycles.